The number of benzene rings is 1. The van der Waals surface area contributed by atoms with Crippen molar-refractivity contribution < 1.29 is 0 Å². The second kappa shape index (κ2) is 24.3. The lowest BCUT2D eigenvalue weighted by atomic mass is 10.2. The van der Waals surface area contributed by atoms with Crippen LogP contribution in [0.5, 0.6) is 0 Å². The van der Waals surface area contributed by atoms with Crippen LogP contribution in [0.15, 0.2) is 72.0 Å². The smallest absolute Gasteiger partial charge is 0.00897 e. The Balaban J connectivity index is -0.000000249. The molecule has 0 heterocycles. The van der Waals surface area contributed by atoms with Crippen LogP contribution in [-0.4, -0.2) is 0 Å². The van der Waals surface area contributed by atoms with Gasteiger partial charge in [0.15, 0.2) is 0 Å². The van der Waals surface area contributed by atoms with Gasteiger partial charge in [-0.25, -0.2) is 0 Å². The van der Waals surface area contributed by atoms with Crippen molar-refractivity contribution in [1.82, 2.24) is 0 Å². The van der Waals surface area contributed by atoms with Crippen LogP contribution in [-0.2, 0) is 0 Å². The van der Waals surface area contributed by atoms with Gasteiger partial charge in [0.05, 0.1) is 0 Å². The zero-order valence-electron chi connectivity index (χ0n) is 16.0. The van der Waals surface area contributed by atoms with E-state index in [0.29, 0.717) is 0 Å². The van der Waals surface area contributed by atoms with Gasteiger partial charge in [0.2, 0.25) is 0 Å². The third-order valence-corrected chi connectivity index (χ3v) is 2.14. The van der Waals surface area contributed by atoms with E-state index in [0.717, 1.165) is 6.42 Å². The summed E-state index contributed by atoms with van der Waals surface area (Å²) in [4.78, 5) is 0. The van der Waals surface area contributed by atoms with Gasteiger partial charge in [-0.15, -0.1) is 5.73 Å². The van der Waals surface area contributed by atoms with Crippen LogP contribution < -0.4 is 0 Å². The zero-order valence-corrected chi connectivity index (χ0v) is 16.0. The Kier molecular flexibility index (Phi) is 27.8. The third kappa shape index (κ3) is 20.5. The molecular weight excluding hydrogens is 264 g/mol. The number of aryl methyl sites for hydroxylation is 1. The van der Waals surface area contributed by atoms with Crippen molar-refractivity contribution in [3.63, 3.8) is 0 Å². The Morgan fingerprint density at radius 3 is 1.82 bits per heavy atom. The van der Waals surface area contributed by atoms with E-state index in [1.807, 2.05) is 78.0 Å². The van der Waals surface area contributed by atoms with Crippen molar-refractivity contribution in [2.24, 2.45) is 0 Å². The van der Waals surface area contributed by atoms with E-state index < -0.39 is 0 Å². The molecule has 0 fully saturated rings. The van der Waals surface area contributed by atoms with Crippen molar-refractivity contribution in [3.8, 4) is 0 Å². The Morgan fingerprint density at radius 2 is 1.36 bits per heavy atom. The average Bonchev–Trinajstić information content (AvgIpc) is 2.58. The van der Waals surface area contributed by atoms with Gasteiger partial charge >= 0.3 is 0 Å². The first-order valence-corrected chi connectivity index (χ1v) is 8.55. The minimum Gasteiger partial charge on any atom is -0.125 e. The summed E-state index contributed by atoms with van der Waals surface area (Å²) in [6, 6.07) is 10.3. The molecule has 0 aliphatic heterocycles. The highest BCUT2D eigenvalue weighted by Gasteiger charge is 1.78. The first-order valence-electron chi connectivity index (χ1n) is 8.55. The van der Waals surface area contributed by atoms with Crippen LogP contribution in [0.4, 0.5) is 0 Å². The van der Waals surface area contributed by atoms with Crippen molar-refractivity contribution >= 4 is 0 Å². The predicted octanol–water partition coefficient (Wildman–Crippen LogP) is 7.68. The molecule has 1 aliphatic carbocycles. The van der Waals surface area contributed by atoms with Crippen LogP contribution in [0.25, 0.3) is 0 Å². The minimum absolute atomic E-state index is 1.00. The average molecular weight is 301 g/mol. The molecule has 1 aromatic rings. The van der Waals surface area contributed by atoms with E-state index in [4.69, 9.17) is 0 Å². The Bertz CT molecular complexity index is 413. The topological polar surface area (TPSA) is 0 Å². The van der Waals surface area contributed by atoms with Gasteiger partial charge in [0.25, 0.3) is 0 Å². The van der Waals surface area contributed by atoms with Gasteiger partial charge in [0.1, 0.15) is 0 Å². The minimum atomic E-state index is 1.00. The van der Waals surface area contributed by atoms with Crippen molar-refractivity contribution in [2.75, 3.05) is 0 Å². The lowest BCUT2D eigenvalue weighted by Gasteiger charge is -1.88. The molecule has 124 valence electrons. The molecule has 22 heavy (non-hydrogen) atoms. The number of rotatable bonds is 0. The van der Waals surface area contributed by atoms with Gasteiger partial charge in [-0.2, -0.15) is 0 Å². The molecule has 0 atom stereocenters. The molecular formula is C22H36. The van der Waals surface area contributed by atoms with E-state index >= 15 is 0 Å². The van der Waals surface area contributed by atoms with Crippen molar-refractivity contribution in [2.45, 2.75) is 61.8 Å². The quantitative estimate of drug-likeness (QED) is 0.431. The first-order chi connectivity index (χ1) is 10.8. The lowest BCUT2D eigenvalue weighted by molar-refractivity contribution is 1.36. The van der Waals surface area contributed by atoms with Crippen LogP contribution in [0.2, 0.25) is 0 Å². The fourth-order valence-electron chi connectivity index (χ4n) is 1.23. The summed E-state index contributed by atoms with van der Waals surface area (Å²) in [6.07, 6.45) is 11.3. The maximum atomic E-state index is 3.04. The summed E-state index contributed by atoms with van der Waals surface area (Å²) in [7, 11) is 0. The maximum absolute atomic E-state index is 3.04. The molecule has 0 spiro atoms. The molecule has 0 aromatic heterocycles. The van der Waals surface area contributed by atoms with Gasteiger partial charge in [0, 0.05) is 0 Å². The van der Waals surface area contributed by atoms with E-state index in [9.17, 15) is 0 Å². The van der Waals surface area contributed by atoms with Crippen LogP contribution in [0.1, 0.15) is 60.5 Å². The molecule has 0 N–H and O–H groups in total. The molecule has 1 aromatic carbocycles. The molecule has 0 bridgehead atoms. The highest BCUT2D eigenvalue weighted by Crippen LogP contribution is 1.99. The van der Waals surface area contributed by atoms with Gasteiger partial charge < -0.3 is 0 Å². The second-order valence-corrected chi connectivity index (χ2v) is 3.74. The first kappa shape index (κ1) is 25.2. The largest absolute Gasteiger partial charge is 0.125 e. The summed E-state index contributed by atoms with van der Waals surface area (Å²) < 4.78 is 0. The molecule has 0 heteroatoms. The number of hydrogen-bond donors (Lipinski definition) is 0. The lowest BCUT2D eigenvalue weighted by Crippen LogP contribution is -1.67. The van der Waals surface area contributed by atoms with Crippen LogP contribution >= 0.6 is 0 Å². The highest BCUT2D eigenvalue weighted by molar-refractivity contribution is 5.23. The fraction of sp³-hybridized carbons (Fsp3) is 0.409. The fourth-order valence-corrected chi connectivity index (χ4v) is 1.23. The molecule has 2 rings (SSSR count). The van der Waals surface area contributed by atoms with Crippen molar-refractivity contribution in [3.05, 3.63) is 77.6 Å². The van der Waals surface area contributed by atoms with Gasteiger partial charge in [-0.1, -0.05) is 101 Å². The molecule has 0 saturated heterocycles. The number of allylic oxidation sites excluding steroid dienone is 5. The SMILES string of the molecule is CC.CC.CC.CC1=C/C=C=CC/C=C\1.Cc1ccccc1. The monoisotopic (exact) mass is 300 g/mol. The molecule has 0 nitrogen and oxygen atoms in total. The normalized spacial score (nSPS) is 14.3. The van der Waals surface area contributed by atoms with E-state index in [1.54, 1.807) is 0 Å². The van der Waals surface area contributed by atoms with Crippen molar-refractivity contribution in [1.29, 1.82) is 0 Å². The predicted molar refractivity (Wildman–Crippen MR) is 105 cm³/mol. The molecule has 1 aliphatic rings. The van der Waals surface area contributed by atoms with E-state index in [1.165, 1.54) is 11.1 Å². The molecule has 0 amide bonds. The summed E-state index contributed by atoms with van der Waals surface area (Å²) >= 11 is 0. The van der Waals surface area contributed by atoms with Gasteiger partial charge in [-0.3, -0.25) is 0 Å². The molecule has 0 saturated carbocycles. The van der Waals surface area contributed by atoms with Crippen LogP contribution in [0, 0.1) is 6.92 Å². The third-order valence-electron chi connectivity index (χ3n) is 2.14. The van der Waals surface area contributed by atoms with Crippen LogP contribution in [0.3, 0.4) is 0 Å². The zero-order chi connectivity index (χ0) is 17.6. The van der Waals surface area contributed by atoms with Gasteiger partial charge in [-0.05, 0) is 32.4 Å². The Morgan fingerprint density at radius 1 is 0.818 bits per heavy atom. The number of hydrogen-bond acceptors (Lipinski definition) is 0. The highest BCUT2D eigenvalue weighted by atomic mass is 13.8. The standard InChI is InChI=1S/C9H10.C7H8.3C2H6/c1-9-7-5-3-2-4-6-8-9;1-7-5-3-2-4-6-7;3*1-2/h2,5-8H,3H2,1H3;2-6H,1H3;3*1-2H3/b7-5-,9-8-;;;;. The maximum Gasteiger partial charge on any atom is -0.00897 e. The summed E-state index contributed by atoms with van der Waals surface area (Å²) in [5.74, 6) is 0. The van der Waals surface area contributed by atoms with E-state index in [-0.39, 0.29) is 0 Å². The second-order valence-electron chi connectivity index (χ2n) is 3.74. The van der Waals surface area contributed by atoms with E-state index in [2.05, 4.69) is 43.9 Å². The summed E-state index contributed by atoms with van der Waals surface area (Å²) in [5, 5.41) is 0. The Labute approximate surface area is 140 Å². The summed E-state index contributed by atoms with van der Waals surface area (Å²) in [5.41, 5.74) is 5.65. The molecule has 0 radical (unpaired) electrons. The molecule has 0 unspecified atom stereocenters. The summed E-state index contributed by atoms with van der Waals surface area (Å²) in [6.45, 7) is 16.2. The Hall–Kier alpha value is -1.78.